The number of para-hydroxylation sites is 1. The predicted molar refractivity (Wildman–Crippen MR) is 72.0 cm³/mol. The van der Waals surface area contributed by atoms with E-state index in [0.29, 0.717) is 12.8 Å². The zero-order valence-electron chi connectivity index (χ0n) is 10.8. The van der Waals surface area contributed by atoms with E-state index in [2.05, 4.69) is 10.6 Å². The molecule has 2 atom stereocenters. The lowest BCUT2D eigenvalue weighted by atomic mass is 10.1. The summed E-state index contributed by atoms with van der Waals surface area (Å²) in [6.07, 6.45) is 1.15. The molecule has 19 heavy (non-hydrogen) atoms. The van der Waals surface area contributed by atoms with Crippen molar-refractivity contribution in [3.8, 4) is 0 Å². The van der Waals surface area contributed by atoms with Gasteiger partial charge in [-0.15, -0.1) is 0 Å². The van der Waals surface area contributed by atoms with Crippen LogP contribution in [-0.4, -0.2) is 29.6 Å². The fraction of sp³-hybridized carbons (Fsp3) is 0.429. The average Bonchev–Trinajstić information content (AvgIpc) is 2.82. The molecule has 1 aromatic rings. The number of nitrogens with one attached hydrogen (secondary N) is 2. The zero-order valence-corrected chi connectivity index (χ0v) is 10.8. The van der Waals surface area contributed by atoms with Crippen molar-refractivity contribution in [3.63, 3.8) is 0 Å². The number of amides is 1. The van der Waals surface area contributed by atoms with E-state index in [0.717, 1.165) is 11.3 Å². The minimum absolute atomic E-state index is 0.143. The molecule has 0 fully saturated rings. The summed E-state index contributed by atoms with van der Waals surface area (Å²) in [5.74, 6) is -1.53. The highest BCUT2D eigenvalue weighted by Gasteiger charge is 2.27. The Balaban J connectivity index is 1.88. The molecule has 102 valence electrons. The number of hydrogen-bond donors (Lipinski definition) is 3. The first-order valence-corrected chi connectivity index (χ1v) is 6.46. The number of hydrogen-bond acceptors (Lipinski definition) is 3. The lowest BCUT2D eigenvalue weighted by molar-refractivity contribution is -0.141. The van der Waals surface area contributed by atoms with E-state index < -0.39 is 11.9 Å². The Morgan fingerprint density at radius 2 is 2.21 bits per heavy atom. The van der Waals surface area contributed by atoms with E-state index in [1.807, 2.05) is 24.3 Å². The molecule has 1 aliphatic rings. The monoisotopic (exact) mass is 262 g/mol. The highest BCUT2D eigenvalue weighted by molar-refractivity contribution is 5.87. The number of carbonyl (C=O) groups is 2. The van der Waals surface area contributed by atoms with Gasteiger partial charge in [-0.25, -0.2) is 0 Å². The second-order valence-electron chi connectivity index (χ2n) is 4.75. The Morgan fingerprint density at radius 1 is 1.47 bits per heavy atom. The predicted octanol–water partition coefficient (Wildman–Crippen LogP) is 1.25. The third-order valence-corrected chi connectivity index (χ3v) is 3.45. The van der Waals surface area contributed by atoms with Gasteiger partial charge in [0.1, 0.15) is 6.04 Å². The molecule has 0 aliphatic carbocycles. The van der Waals surface area contributed by atoms with Crippen molar-refractivity contribution < 1.29 is 14.7 Å². The normalized spacial score (nSPS) is 18.3. The van der Waals surface area contributed by atoms with Crippen molar-refractivity contribution in [1.82, 2.24) is 5.32 Å². The minimum atomic E-state index is -0.870. The molecule has 2 unspecified atom stereocenters. The van der Waals surface area contributed by atoms with Crippen molar-refractivity contribution in [1.29, 1.82) is 0 Å². The van der Waals surface area contributed by atoms with Crippen molar-refractivity contribution in [2.24, 2.45) is 5.92 Å². The molecular formula is C14H18N2O3. The van der Waals surface area contributed by atoms with Crippen molar-refractivity contribution in [3.05, 3.63) is 29.8 Å². The molecule has 1 aliphatic heterocycles. The van der Waals surface area contributed by atoms with Crippen LogP contribution in [-0.2, 0) is 16.0 Å². The smallest absolute Gasteiger partial charge is 0.308 e. The number of fused-ring (bicyclic) bond motifs is 1. The third-order valence-electron chi connectivity index (χ3n) is 3.45. The van der Waals surface area contributed by atoms with Gasteiger partial charge >= 0.3 is 5.97 Å². The van der Waals surface area contributed by atoms with E-state index in [4.69, 9.17) is 5.11 Å². The molecule has 1 heterocycles. The third kappa shape index (κ3) is 3.05. The number of rotatable bonds is 5. The molecule has 0 spiro atoms. The Hall–Kier alpha value is -2.04. The average molecular weight is 262 g/mol. The summed E-state index contributed by atoms with van der Waals surface area (Å²) >= 11 is 0. The summed E-state index contributed by atoms with van der Waals surface area (Å²) in [5.41, 5.74) is 2.10. The molecule has 0 bridgehead atoms. The van der Waals surface area contributed by atoms with Crippen LogP contribution in [0, 0.1) is 5.92 Å². The van der Waals surface area contributed by atoms with E-state index in [-0.39, 0.29) is 18.5 Å². The van der Waals surface area contributed by atoms with E-state index in [9.17, 15) is 9.59 Å². The number of carboxylic acid groups (broad SMARTS) is 1. The molecule has 0 saturated heterocycles. The van der Waals surface area contributed by atoms with Gasteiger partial charge in [0.15, 0.2) is 0 Å². The molecule has 1 amide bonds. The van der Waals surface area contributed by atoms with Gasteiger partial charge in [0.05, 0.1) is 5.92 Å². The summed E-state index contributed by atoms with van der Waals surface area (Å²) in [7, 11) is 0. The van der Waals surface area contributed by atoms with Crippen LogP contribution < -0.4 is 10.6 Å². The summed E-state index contributed by atoms with van der Waals surface area (Å²) in [6, 6.07) is 7.49. The molecule has 5 nitrogen and oxygen atoms in total. The van der Waals surface area contributed by atoms with Crippen LogP contribution in [0.1, 0.15) is 18.9 Å². The second-order valence-corrected chi connectivity index (χ2v) is 4.75. The van der Waals surface area contributed by atoms with Crippen LogP contribution in [0.4, 0.5) is 5.69 Å². The van der Waals surface area contributed by atoms with Crippen LogP contribution in [0.2, 0.25) is 0 Å². The number of carboxylic acids is 1. The van der Waals surface area contributed by atoms with E-state index in [1.165, 1.54) is 0 Å². The molecule has 3 N–H and O–H groups in total. The summed E-state index contributed by atoms with van der Waals surface area (Å²) in [5, 5.41) is 14.8. The van der Waals surface area contributed by atoms with Crippen LogP contribution in [0.15, 0.2) is 24.3 Å². The zero-order chi connectivity index (χ0) is 13.8. The number of aliphatic carboxylic acids is 1. The lowest BCUT2D eigenvalue weighted by Crippen LogP contribution is -2.41. The van der Waals surface area contributed by atoms with Crippen LogP contribution in [0.5, 0.6) is 0 Å². The van der Waals surface area contributed by atoms with Crippen LogP contribution >= 0.6 is 0 Å². The minimum Gasteiger partial charge on any atom is -0.481 e. The van der Waals surface area contributed by atoms with Gasteiger partial charge in [0.2, 0.25) is 5.91 Å². The molecule has 1 aromatic carbocycles. The first kappa shape index (κ1) is 13.4. The van der Waals surface area contributed by atoms with Crippen LogP contribution in [0.3, 0.4) is 0 Å². The van der Waals surface area contributed by atoms with E-state index in [1.54, 1.807) is 6.92 Å². The Kier molecular flexibility index (Phi) is 4.04. The SMILES string of the molecule is CCC(CNC(=O)C1Cc2ccccc2N1)C(=O)O. The number of carbonyl (C=O) groups excluding carboxylic acids is 1. The maximum Gasteiger partial charge on any atom is 0.308 e. The molecule has 5 heteroatoms. The Labute approximate surface area is 112 Å². The molecule has 2 rings (SSSR count). The quantitative estimate of drug-likeness (QED) is 0.746. The lowest BCUT2D eigenvalue weighted by Gasteiger charge is -2.15. The first-order valence-electron chi connectivity index (χ1n) is 6.46. The van der Waals surface area contributed by atoms with Crippen molar-refractivity contribution in [2.45, 2.75) is 25.8 Å². The van der Waals surface area contributed by atoms with Gasteiger partial charge in [0.25, 0.3) is 0 Å². The summed E-state index contributed by atoms with van der Waals surface area (Å²) in [4.78, 5) is 22.9. The molecule has 0 aromatic heterocycles. The highest BCUT2D eigenvalue weighted by atomic mass is 16.4. The van der Waals surface area contributed by atoms with Crippen molar-refractivity contribution in [2.75, 3.05) is 11.9 Å². The molecule has 0 saturated carbocycles. The van der Waals surface area contributed by atoms with E-state index >= 15 is 0 Å². The fourth-order valence-electron chi connectivity index (χ4n) is 2.21. The van der Waals surface area contributed by atoms with Gasteiger partial charge in [-0.1, -0.05) is 25.1 Å². The maximum absolute atomic E-state index is 12.0. The number of benzene rings is 1. The largest absolute Gasteiger partial charge is 0.481 e. The molecular weight excluding hydrogens is 244 g/mol. The van der Waals surface area contributed by atoms with Gasteiger partial charge in [-0.05, 0) is 18.1 Å². The van der Waals surface area contributed by atoms with Gasteiger partial charge in [0, 0.05) is 18.7 Å². The molecule has 0 radical (unpaired) electrons. The first-order chi connectivity index (χ1) is 9.11. The standard InChI is InChI=1S/C14H18N2O3/c1-2-9(14(18)19)8-15-13(17)12-7-10-5-3-4-6-11(10)16-12/h3-6,9,12,16H,2,7-8H2,1H3,(H,15,17)(H,18,19). The van der Waals surface area contributed by atoms with Crippen molar-refractivity contribution >= 4 is 17.6 Å². The summed E-state index contributed by atoms with van der Waals surface area (Å²) < 4.78 is 0. The Bertz CT molecular complexity index is 462. The van der Waals surface area contributed by atoms with Gasteiger partial charge in [-0.3, -0.25) is 9.59 Å². The second kappa shape index (κ2) is 5.73. The topological polar surface area (TPSA) is 78.4 Å². The van der Waals surface area contributed by atoms with Gasteiger partial charge < -0.3 is 15.7 Å². The van der Waals surface area contributed by atoms with Gasteiger partial charge in [-0.2, -0.15) is 0 Å². The maximum atomic E-state index is 12.0. The number of anilines is 1. The highest BCUT2D eigenvalue weighted by Crippen LogP contribution is 2.25. The Morgan fingerprint density at radius 3 is 2.84 bits per heavy atom. The fourth-order valence-corrected chi connectivity index (χ4v) is 2.21. The summed E-state index contributed by atoms with van der Waals surface area (Å²) in [6.45, 7) is 1.98. The van der Waals surface area contributed by atoms with Crippen LogP contribution in [0.25, 0.3) is 0 Å².